The third-order valence-corrected chi connectivity index (χ3v) is 3.45. The molecule has 1 aliphatic heterocycles. The smallest absolute Gasteiger partial charge is 0.297 e. The molecule has 4 nitrogen and oxygen atoms in total. The number of aldehydes is 1. The number of carbonyl (C=O) groups is 1. The molecule has 0 saturated carbocycles. The Morgan fingerprint density at radius 2 is 2.40 bits per heavy atom. The van der Waals surface area contributed by atoms with E-state index < -0.39 is 0 Å². The summed E-state index contributed by atoms with van der Waals surface area (Å²) in [5, 5.41) is 8.42. The average Bonchev–Trinajstić information content (AvgIpc) is 2.92. The van der Waals surface area contributed by atoms with Crippen LogP contribution in [0.25, 0.3) is 11.1 Å². The van der Waals surface area contributed by atoms with E-state index >= 15 is 0 Å². The van der Waals surface area contributed by atoms with Gasteiger partial charge < -0.3 is 0 Å². The Hall–Kier alpha value is -1.62. The average molecular weight is 220 g/mol. The van der Waals surface area contributed by atoms with Crippen LogP contribution in [0.5, 0.6) is 0 Å². The molecule has 76 valence electrons. The van der Waals surface area contributed by atoms with Gasteiger partial charge in [-0.2, -0.15) is 4.68 Å². The first-order chi connectivity index (χ1) is 7.40. The molecular weight excluding hydrogens is 210 g/mol. The molecule has 3 heterocycles. The van der Waals surface area contributed by atoms with Crippen molar-refractivity contribution < 1.29 is 9.48 Å². The van der Waals surface area contributed by atoms with Crippen LogP contribution in [0.1, 0.15) is 9.67 Å². The number of thiophene rings is 1. The molecule has 0 aliphatic carbocycles. The molecule has 0 radical (unpaired) electrons. The van der Waals surface area contributed by atoms with Crippen LogP contribution in [-0.2, 0) is 6.54 Å². The third kappa shape index (κ3) is 1.20. The lowest BCUT2D eigenvalue weighted by Crippen LogP contribution is -2.32. The fourth-order valence-corrected chi connectivity index (χ4v) is 2.63. The number of fused-ring (bicyclic) bond motifs is 1. The van der Waals surface area contributed by atoms with Gasteiger partial charge in [0.05, 0.1) is 16.6 Å². The summed E-state index contributed by atoms with van der Waals surface area (Å²) in [4.78, 5) is 11.6. The normalized spacial score (nSPS) is 13.6. The highest BCUT2D eigenvalue weighted by Crippen LogP contribution is 2.31. The Morgan fingerprint density at radius 3 is 3.27 bits per heavy atom. The number of H-pyrrole nitrogens is 1. The maximum absolute atomic E-state index is 10.9. The zero-order valence-electron chi connectivity index (χ0n) is 7.99. The quantitative estimate of drug-likeness (QED) is 0.591. The number of aromatic nitrogens is 2. The number of hydrogen-bond donors (Lipinski definition) is 2. The monoisotopic (exact) mass is 220 g/mol. The van der Waals surface area contributed by atoms with Gasteiger partial charge in [-0.15, -0.1) is 11.3 Å². The summed E-state index contributed by atoms with van der Waals surface area (Å²) < 4.78 is 2.06. The number of hydrogen-bond acceptors (Lipinski definition) is 3. The fourth-order valence-electron chi connectivity index (χ4n) is 1.91. The molecule has 0 aromatic carbocycles. The standard InChI is InChI=1S/C10H9N3OS/c14-6-9-7(1-4-15-9)8-5-12-13-3-2-11-10(8)13/h1,4-6H,2-3H2,(H,11,12,14)/p+1. The van der Waals surface area contributed by atoms with E-state index in [0.29, 0.717) is 0 Å². The van der Waals surface area contributed by atoms with E-state index in [1.165, 1.54) is 11.3 Å². The Labute approximate surface area is 90.5 Å². The summed E-state index contributed by atoms with van der Waals surface area (Å²) in [7, 11) is 0. The van der Waals surface area contributed by atoms with E-state index in [2.05, 4.69) is 15.1 Å². The molecule has 0 bridgehead atoms. The van der Waals surface area contributed by atoms with E-state index in [1.54, 1.807) is 0 Å². The van der Waals surface area contributed by atoms with E-state index in [0.717, 1.165) is 41.2 Å². The van der Waals surface area contributed by atoms with Gasteiger partial charge in [0.25, 0.3) is 0 Å². The minimum Gasteiger partial charge on any atom is -0.297 e. The molecule has 0 amide bonds. The molecule has 3 rings (SSSR count). The van der Waals surface area contributed by atoms with Crippen molar-refractivity contribution in [3.8, 4) is 11.1 Å². The van der Waals surface area contributed by atoms with Crippen molar-refractivity contribution in [2.75, 3.05) is 11.9 Å². The van der Waals surface area contributed by atoms with Crippen LogP contribution >= 0.6 is 11.3 Å². The summed E-state index contributed by atoms with van der Waals surface area (Å²) in [5.74, 6) is 1.08. The highest BCUT2D eigenvalue weighted by molar-refractivity contribution is 7.12. The molecule has 2 aromatic heterocycles. The van der Waals surface area contributed by atoms with Gasteiger partial charge in [0.2, 0.25) is 0 Å². The number of anilines is 1. The highest BCUT2D eigenvalue weighted by atomic mass is 32.1. The zero-order chi connectivity index (χ0) is 10.3. The third-order valence-electron chi connectivity index (χ3n) is 2.61. The van der Waals surface area contributed by atoms with Crippen LogP contribution in [0.15, 0.2) is 17.6 Å². The predicted molar refractivity (Wildman–Crippen MR) is 58.2 cm³/mol. The van der Waals surface area contributed by atoms with Gasteiger partial charge in [0, 0.05) is 5.56 Å². The minimum absolute atomic E-state index is 0.783. The lowest BCUT2D eigenvalue weighted by molar-refractivity contribution is -0.725. The van der Waals surface area contributed by atoms with Crippen LogP contribution in [-0.4, -0.2) is 17.9 Å². The van der Waals surface area contributed by atoms with Crippen molar-refractivity contribution in [1.29, 1.82) is 0 Å². The van der Waals surface area contributed by atoms with Gasteiger partial charge in [-0.25, -0.2) is 5.10 Å². The Bertz CT molecular complexity index is 514. The molecule has 0 atom stereocenters. The SMILES string of the molecule is O=Cc1sccc1-c1c[nH][n+]2c1NCC2. The summed E-state index contributed by atoms with van der Waals surface area (Å²) in [6.45, 7) is 1.90. The molecule has 5 heteroatoms. The number of aromatic amines is 1. The van der Waals surface area contributed by atoms with Crippen LogP contribution in [0.4, 0.5) is 5.82 Å². The Balaban J connectivity index is 2.16. The van der Waals surface area contributed by atoms with Gasteiger partial charge in [-0.1, -0.05) is 0 Å². The maximum atomic E-state index is 10.9. The summed E-state index contributed by atoms with van der Waals surface area (Å²) in [5.41, 5.74) is 2.09. The van der Waals surface area contributed by atoms with Crippen molar-refractivity contribution in [1.82, 2.24) is 5.10 Å². The van der Waals surface area contributed by atoms with Gasteiger partial charge in [-0.05, 0) is 11.4 Å². The van der Waals surface area contributed by atoms with Crippen LogP contribution in [0, 0.1) is 0 Å². The van der Waals surface area contributed by atoms with Gasteiger partial charge in [0.15, 0.2) is 6.29 Å². The van der Waals surface area contributed by atoms with E-state index in [4.69, 9.17) is 0 Å². The topological polar surface area (TPSA) is 48.8 Å². The predicted octanol–water partition coefficient (Wildman–Crippen LogP) is 1.27. The maximum Gasteiger partial charge on any atom is 0.303 e. The summed E-state index contributed by atoms with van der Waals surface area (Å²) in [6, 6.07) is 1.98. The number of carbonyl (C=O) groups excluding carboxylic acids is 1. The summed E-state index contributed by atoms with van der Waals surface area (Å²) in [6.07, 6.45) is 2.86. The Morgan fingerprint density at radius 1 is 1.47 bits per heavy atom. The van der Waals surface area contributed by atoms with Crippen LogP contribution in [0.3, 0.4) is 0 Å². The number of nitrogens with zero attached hydrogens (tertiary/aromatic N) is 1. The second-order valence-corrected chi connectivity index (χ2v) is 4.38. The highest BCUT2D eigenvalue weighted by Gasteiger charge is 2.25. The molecule has 0 unspecified atom stereocenters. The molecule has 0 fully saturated rings. The molecule has 15 heavy (non-hydrogen) atoms. The number of rotatable bonds is 2. The second-order valence-electron chi connectivity index (χ2n) is 3.43. The molecular formula is C10H10N3OS+. The first-order valence-electron chi connectivity index (χ1n) is 4.78. The lowest BCUT2D eigenvalue weighted by atomic mass is 10.1. The van der Waals surface area contributed by atoms with E-state index in [-0.39, 0.29) is 0 Å². The zero-order valence-corrected chi connectivity index (χ0v) is 8.80. The fraction of sp³-hybridized carbons (Fsp3) is 0.200. The van der Waals surface area contributed by atoms with E-state index in [9.17, 15) is 4.79 Å². The first kappa shape index (κ1) is 8.67. The summed E-state index contributed by atoms with van der Waals surface area (Å²) >= 11 is 1.47. The largest absolute Gasteiger partial charge is 0.303 e. The van der Waals surface area contributed by atoms with Crippen molar-refractivity contribution in [2.24, 2.45) is 0 Å². The lowest BCUT2D eigenvalue weighted by Gasteiger charge is -1.93. The van der Waals surface area contributed by atoms with Crippen molar-refractivity contribution in [3.05, 3.63) is 22.5 Å². The van der Waals surface area contributed by atoms with Gasteiger partial charge in [-0.3, -0.25) is 10.1 Å². The van der Waals surface area contributed by atoms with Gasteiger partial charge >= 0.3 is 5.82 Å². The van der Waals surface area contributed by atoms with Crippen LogP contribution in [0.2, 0.25) is 0 Å². The molecule has 0 spiro atoms. The molecule has 1 aliphatic rings. The van der Waals surface area contributed by atoms with Crippen molar-refractivity contribution in [2.45, 2.75) is 6.54 Å². The van der Waals surface area contributed by atoms with Crippen LogP contribution < -0.4 is 10.00 Å². The molecule has 2 N–H and O–H groups in total. The second kappa shape index (κ2) is 3.20. The number of nitrogens with one attached hydrogen (secondary N) is 2. The van der Waals surface area contributed by atoms with E-state index in [1.807, 2.05) is 17.6 Å². The molecule has 0 saturated heterocycles. The Kier molecular flexibility index (Phi) is 1.85. The minimum atomic E-state index is 0.783. The molecule has 2 aromatic rings. The first-order valence-corrected chi connectivity index (χ1v) is 5.66. The van der Waals surface area contributed by atoms with Crippen molar-refractivity contribution >= 4 is 23.4 Å². The van der Waals surface area contributed by atoms with Gasteiger partial charge in [0.1, 0.15) is 13.1 Å². The van der Waals surface area contributed by atoms with Crippen molar-refractivity contribution in [3.63, 3.8) is 0 Å².